The van der Waals surface area contributed by atoms with E-state index in [9.17, 15) is 8.42 Å². The molecule has 6 heteroatoms. The van der Waals surface area contributed by atoms with Crippen molar-refractivity contribution in [3.63, 3.8) is 0 Å². The minimum Gasteiger partial charge on any atom is -0.396 e. The molecule has 1 aromatic carbocycles. The lowest BCUT2D eigenvalue weighted by atomic mass is 10.1. The summed E-state index contributed by atoms with van der Waals surface area (Å²) in [5.41, 5.74) is 1.21. The molecule has 2 rings (SSSR count). The smallest absolute Gasteiger partial charge is 0.250 e. The second-order valence-corrected chi connectivity index (χ2v) is 7.84. The van der Waals surface area contributed by atoms with Crippen molar-refractivity contribution >= 4 is 21.4 Å². The Morgan fingerprint density at radius 1 is 1.05 bits per heavy atom. The Morgan fingerprint density at radius 3 is 2.52 bits per heavy atom. The van der Waals surface area contributed by atoms with Crippen molar-refractivity contribution in [2.75, 3.05) is 13.2 Å². The van der Waals surface area contributed by atoms with Gasteiger partial charge in [-0.1, -0.05) is 30.3 Å². The van der Waals surface area contributed by atoms with Gasteiger partial charge in [-0.05, 0) is 30.5 Å². The largest absolute Gasteiger partial charge is 0.396 e. The van der Waals surface area contributed by atoms with Gasteiger partial charge >= 0.3 is 0 Å². The van der Waals surface area contributed by atoms with Crippen molar-refractivity contribution < 1.29 is 13.5 Å². The number of thiophene rings is 1. The minimum atomic E-state index is -3.43. The number of benzene rings is 1. The van der Waals surface area contributed by atoms with Crippen molar-refractivity contribution in [1.82, 2.24) is 4.72 Å². The van der Waals surface area contributed by atoms with Crippen LogP contribution in [0.1, 0.15) is 16.9 Å². The molecule has 0 amide bonds. The van der Waals surface area contributed by atoms with Crippen LogP contribution in [0, 0.1) is 0 Å². The first kappa shape index (κ1) is 16.2. The monoisotopic (exact) mass is 325 g/mol. The normalized spacial score (nSPS) is 11.7. The van der Waals surface area contributed by atoms with Gasteiger partial charge in [0.1, 0.15) is 4.21 Å². The summed E-state index contributed by atoms with van der Waals surface area (Å²) in [7, 11) is -3.43. The fourth-order valence-corrected chi connectivity index (χ4v) is 4.43. The number of aliphatic hydroxyl groups excluding tert-OH is 1. The summed E-state index contributed by atoms with van der Waals surface area (Å²) in [6.07, 6.45) is 2.11. The quantitative estimate of drug-likeness (QED) is 0.731. The first-order valence-electron chi connectivity index (χ1n) is 6.85. The Labute approximate surface area is 129 Å². The van der Waals surface area contributed by atoms with Crippen LogP contribution in [-0.4, -0.2) is 26.7 Å². The Balaban J connectivity index is 1.83. The standard InChI is InChI=1S/C15H19NO3S2/c17-12-10-14-8-9-15(20-14)21(18,19)16-11-4-7-13-5-2-1-3-6-13/h1-3,5-6,8-9,16-17H,4,7,10-12H2. The van der Waals surface area contributed by atoms with Crippen molar-refractivity contribution in [2.45, 2.75) is 23.5 Å². The SMILES string of the molecule is O=S(=O)(NCCCc1ccccc1)c1ccc(CCO)s1. The third kappa shape index (κ3) is 4.93. The van der Waals surface area contributed by atoms with E-state index < -0.39 is 10.0 Å². The van der Waals surface area contributed by atoms with Crippen LogP contribution in [-0.2, 0) is 22.9 Å². The number of aliphatic hydroxyl groups is 1. The molecule has 0 unspecified atom stereocenters. The minimum absolute atomic E-state index is 0.0322. The van der Waals surface area contributed by atoms with Crippen molar-refractivity contribution in [1.29, 1.82) is 0 Å². The summed E-state index contributed by atoms with van der Waals surface area (Å²) < 4.78 is 27.1. The predicted molar refractivity (Wildman–Crippen MR) is 85.1 cm³/mol. The molecule has 114 valence electrons. The van der Waals surface area contributed by atoms with E-state index in [-0.39, 0.29) is 6.61 Å². The molecule has 0 saturated carbocycles. The van der Waals surface area contributed by atoms with Crippen LogP contribution in [0.3, 0.4) is 0 Å². The second-order valence-electron chi connectivity index (χ2n) is 4.68. The fourth-order valence-electron chi connectivity index (χ4n) is 1.96. The second kappa shape index (κ2) is 7.70. The van der Waals surface area contributed by atoms with E-state index in [4.69, 9.17) is 5.11 Å². The highest BCUT2D eigenvalue weighted by Gasteiger charge is 2.15. The maximum absolute atomic E-state index is 12.1. The average Bonchev–Trinajstić information content (AvgIpc) is 2.95. The summed E-state index contributed by atoms with van der Waals surface area (Å²) in [4.78, 5) is 0.877. The number of nitrogens with one attached hydrogen (secondary N) is 1. The first-order valence-corrected chi connectivity index (χ1v) is 9.15. The molecule has 0 spiro atoms. The zero-order chi connectivity index (χ0) is 15.1. The van der Waals surface area contributed by atoms with Crippen molar-refractivity contribution in [2.24, 2.45) is 0 Å². The molecule has 1 heterocycles. The van der Waals surface area contributed by atoms with Gasteiger partial charge < -0.3 is 5.11 Å². The van der Waals surface area contributed by atoms with Crippen LogP contribution in [0.15, 0.2) is 46.7 Å². The van der Waals surface area contributed by atoms with Crippen LogP contribution < -0.4 is 4.72 Å². The molecule has 0 aliphatic carbocycles. The maximum atomic E-state index is 12.1. The molecular weight excluding hydrogens is 306 g/mol. The molecule has 0 aliphatic heterocycles. The Bertz CT molecular complexity index is 651. The lowest BCUT2D eigenvalue weighted by Crippen LogP contribution is -2.24. The number of sulfonamides is 1. The number of rotatable bonds is 8. The predicted octanol–water partition coefficient (Wildman–Crippen LogP) is 2.19. The summed E-state index contributed by atoms with van der Waals surface area (Å²) in [5.74, 6) is 0. The fraction of sp³-hybridized carbons (Fsp3) is 0.333. The van der Waals surface area contributed by atoms with E-state index in [1.807, 2.05) is 30.3 Å². The lowest BCUT2D eigenvalue weighted by molar-refractivity contribution is 0.300. The van der Waals surface area contributed by atoms with Gasteiger partial charge in [-0.15, -0.1) is 11.3 Å². The Hall–Kier alpha value is -1.21. The number of hydrogen-bond donors (Lipinski definition) is 2. The molecule has 21 heavy (non-hydrogen) atoms. The highest BCUT2D eigenvalue weighted by molar-refractivity contribution is 7.91. The van der Waals surface area contributed by atoms with Crippen LogP contribution in [0.2, 0.25) is 0 Å². The highest BCUT2D eigenvalue weighted by Crippen LogP contribution is 2.21. The molecular formula is C15H19NO3S2. The topological polar surface area (TPSA) is 66.4 Å². The highest BCUT2D eigenvalue weighted by atomic mass is 32.2. The van der Waals surface area contributed by atoms with E-state index in [1.165, 1.54) is 16.9 Å². The van der Waals surface area contributed by atoms with E-state index in [0.717, 1.165) is 17.7 Å². The van der Waals surface area contributed by atoms with Crippen LogP contribution >= 0.6 is 11.3 Å². The molecule has 2 aromatic rings. The number of hydrogen-bond acceptors (Lipinski definition) is 4. The molecule has 0 aliphatic rings. The van der Waals surface area contributed by atoms with Gasteiger partial charge in [-0.25, -0.2) is 13.1 Å². The molecule has 0 atom stereocenters. The molecule has 1 aromatic heterocycles. The van der Waals surface area contributed by atoms with Crippen molar-refractivity contribution in [3.05, 3.63) is 52.9 Å². The first-order chi connectivity index (χ1) is 10.1. The van der Waals surface area contributed by atoms with Gasteiger partial charge in [-0.2, -0.15) is 0 Å². The van der Waals surface area contributed by atoms with Crippen molar-refractivity contribution in [3.8, 4) is 0 Å². The zero-order valence-corrected chi connectivity index (χ0v) is 13.3. The zero-order valence-electron chi connectivity index (χ0n) is 11.7. The molecule has 0 fully saturated rings. The molecule has 0 radical (unpaired) electrons. The van der Waals surface area contributed by atoms with E-state index in [2.05, 4.69) is 4.72 Å². The average molecular weight is 325 g/mol. The maximum Gasteiger partial charge on any atom is 0.250 e. The third-order valence-electron chi connectivity index (χ3n) is 3.04. The molecule has 4 nitrogen and oxygen atoms in total. The summed E-state index contributed by atoms with van der Waals surface area (Å²) in [5, 5.41) is 8.85. The van der Waals surface area contributed by atoms with E-state index in [1.54, 1.807) is 12.1 Å². The van der Waals surface area contributed by atoms with Crippen LogP contribution in [0.25, 0.3) is 0 Å². The van der Waals surface area contributed by atoms with Gasteiger partial charge in [0.15, 0.2) is 0 Å². The van der Waals surface area contributed by atoms with Gasteiger partial charge in [0, 0.05) is 24.4 Å². The summed E-state index contributed by atoms with van der Waals surface area (Å²) in [6, 6.07) is 13.3. The van der Waals surface area contributed by atoms with Gasteiger partial charge in [0.2, 0.25) is 10.0 Å². The van der Waals surface area contributed by atoms with Crippen LogP contribution in [0.5, 0.6) is 0 Å². The van der Waals surface area contributed by atoms with Gasteiger partial charge in [0.05, 0.1) is 0 Å². The Morgan fingerprint density at radius 2 is 1.81 bits per heavy atom. The van der Waals surface area contributed by atoms with Gasteiger partial charge in [0.25, 0.3) is 0 Å². The van der Waals surface area contributed by atoms with E-state index in [0.29, 0.717) is 17.2 Å². The third-order valence-corrected chi connectivity index (χ3v) is 6.14. The summed E-state index contributed by atoms with van der Waals surface area (Å²) >= 11 is 1.21. The molecule has 0 bridgehead atoms. The summed E-state index contributed by atoms with van der Waals surface area (Å²) in [6.45, 7) is 0.453. The van der Waals surface area contributed by atoms with Gasteiger partial charge in [-0.3, -0.25) is 0 Å². The van der Waals surface area contributed by atoms with E-state index >= 15 is 0 Å². The molecule has 2 N–H and O–H groups in total. The molecule has 0 saturated heterocycles. The lowest BCUT2D eigenvalue weighted by Gasteiger charge is -2.05. The Kier molecular flexibility index (Phi) is 5.93. The number of aryl methyl sites for hydroxylation is 1. The van der Waals surface area contributed by atoms with Crippen LogP contribution in [0.4, 0.5) is 0 Å².